The first-order valence-electron chi connectivity index (χ1n) is 5.82. The molecule has 0 aliphatic rings. The summed E-state index contributed by atoms with van der Waals surface area (Å²) >= 11 is 1.54. The van der Waals surface area contributed by atoms with Gasteiger partial charge in [-0.3, -0.25) is 0 Å². The summed E-state index contributed by atoms with van der Waals surface area (Å²) in [7, 11) is -1.73. The number of thiophene rings is 1. The summed E-state index contributed by atoms with van der Waals surface area (Å²) in [5.41, 5.74) is 0.874. The number of hydrogen-bond acceptors (Lipinski definition) is 6. The van der Waals surface area contributed by atoms with Gasteiger partial charge in [-0.2, -0.15) is 20.6 Å². The molecule has 0 aromatic carbocycles. The Morgan fingerprint density at radius 1 is 1.47 bits per heavy atom. The first-order chi connectivity index (χ1) is 9.03. The number of rotatable bonds is 6. The lowest BCUT2D eigenvalue weighted by atomic mass is 10.3. The molecule has 6 nitrogen and oxygen atoms in total. The van der Waals surface area contributed by atoms with E-state index in [0.717, 1.165) is 5.56 Å². The van der Waals surface area contributed by atoms with Gasteiger partial charge in [0.05, 0.1) is 12.3 Å². The van der Waals surface area contributed by atoms with Crippen molar-refractivity contribution in [3.8, 4) is 11.4 Å². The second kappa shape index (κ2) is 5.81. The van der Waals surface area contributed by atoms with E-state index in [2.05, 4.69) is 10.1 Å². The van der Waals surface area contributed by atoms with Crippen molar-refractivity contribution in [2.24, 2.45) is 0 Å². The van der Waals surface area contributed by atoms with Gasteiger partial charge in [-0.1, -0.05) is 12.1 Å². The quantitative estimate of drug-likeness (QED) is 0.815. The molecule has 8 heteroatoms. The Bertz CT molecular complexity index is 619. The molecular weight excluding hydrogens is 286 g/mol. The van der Waals surface area contributed by atoms with Crippen molar-refractivity contribution >= 4 is 21.4 Å². The van der Waals surface area contributed by atoms with E-state index < -0.39 is 10.0 Å². The van der Waals surface area contributed by atoms with E-state index in [1.165, 1.54) is 11.4 Å². The lowest BCUT2D eigenvalue weighted by molar-refractivity contribution is 0.336. The van der Waals surface area contributed by atoms with E-state index >= 15 is 0 Å². The zero-order chi connectivity index (χ0) is 13.9. The summed E-state index contributed by atoms with van der Waals surface area (Å²) in [6.07, 6.45) is 0.580. The van der Waals surface area contributed by atoms with Crippen LogP contribution in [0.25, 0.3) is 11.4 Å². The standard InChI is InChI=1S/C11H15N3O3S2/c1-3-6-19(15,16)14(2)7-10-12-11(13-17-10)9-4-5-18-8-9/h4-5,8H,3,6-7H2,1-2H3. The maximum atomic E-state index is 11.8. The fraction of sp³-hybridized carbons (Fsp3) is 0.455. The van der Waals surface area contributed by atoms with Crippen LogP contribution in [0, 0.1) is 0 Å². The maximum absolute atomic E-state index is 11.8. The van der Waals surface area contributed by atoms with E-state index in [1.54, 1.807) is 11.3 Å². The van der Waals surface area contributed by atoms with Crippen LogP contribution in [0.1, 0.15) is 19.2 Å². The molecule has 0 atom stereocenters. The molecule has 2 aromatic rings. The minimum Gasteiger partial charge on any atom is -0.338 e. The van der Waals surface area contributed by atoms with Gasteiger partial charge in [-0.15, -0.1) is 0 Å². The monoisotopic (exact) mass is 301 g/mol. The van der Waals surface area contributed by atoms with Crippen molar-refractivity contribution in [1.29, 1.82) is 0 Å². The molecule has 0 saturated carbocycles. The molecule has 0 saturated heterocycles. The smallest absolute Gasteiger partial charge is 0.242 e. The molecule has 0 fully saturated rings. The highest BCUT2D eigenvalue weighted by molar-refractivity contribution is 7.89. The Hall–Kier alpha value is -1.25. The van der Waals surface area contributed by atoms with Crippen LogP contribution in [0.4, 0.5) is 0 Å². The van der Waals surface area contributed by atoms with E-state index in [0.29, 0.717) is 18.1 Å². The lowest BCUT2D eigenvalue weighted by Gasteiger charge is -2.13. The summed E-state index contributed by atoms with van der Waals surface area (Å²) in [5.74, 6) is 0.899. The summed E-state index contributed by atoms with van der Waals surface area (Å²) in [6, 6.07) is 1.89. The minimum atomic E-state index is -3.25. The third kappa shape index (κ3) is 3.40. The summed E-state index contributed by atoms with van der Waals surface area (Å²) in [4.78, 5) is 4.19. The normalized spacial score (nSPS) is 12.2. The van der Waals surface area contributed by atoms with Gasteiger partial charge in [-0.05, 0) is 17.9 Å². The molecule has 0 amide bonds. The predicted octanol–water partition coefficient (Wildman–Crippen LogP) is 1.97. The van der Waals surface area contributed by atoms with Gasteiger partial charge in [0.25, 0.3) is 0 Å². The van der Waals surface area contributed by atoms with Crippen molar-refractivity contribution < 1.29 is 12.9 Å². The molecule has 0 unspecified atom stereocenters. The van der Waals surface area contributed by atoms with Crippen LogP contribution in [0.3, 0.4) is 0 Å². The van der Waals surface area contributed by atoms with Gasteiger partial charge in [-0.25, -0.2) is 8.42 Å². The predicted molar refractivity (Wildman–Crippen MR) is 73.2 cm³/mol. The van der Waals surface area contributed by atoms with Crippen molar-refractivity contribution in [2.75, 3.05) is 12.8 Å². The molecule has 2 rings (SSSR count). The average Bonchev–Trinajstić information content (AvgIpc) is 2.97. The summed E-state index contributed by atoms with van der Waals surface area (Å²) < 4.78 is 29.9. The summed E-state index contributed by atoms with van der Waals surface area (Å²) in [6.45, 7) is 1.92. The van der Waals surface area contributed by atoms with Crippen LogP contribution < -0.4 is 0 Å². The molecule has 0 radical (unpaired) electrons. The highest BCUT2D eigenvalue weighted by Gasteiger charge is 2.20. The average molecular weight is 301 g/mol. The van der Waals surface area contributed by atoms with Crippen LogP contribution in [-0.4, -0.2) is 35.7 Å². The van der Waals surface area contributed by atoms with Crippen LogP contribution in [0.2, 0.25) is 0 Å². The number of hydrogen-bond donors (Lipinski definition) is 0. The van der Waals surface area contributed by atoms with Gasteiger partial charge in [0.1, 0.15) is 0 Å². The van der Waals surface area contributed by atoms with Crippen molar-refractivity contribution in [3.05, 3.63) is 22.7 Å². The molecule has 0 aliphatic carbocycles. The molecule has 0 spiro atoms. The van der Waals surface area contributed by atoms with Crippen molar-refractivity contribution in [3.63, 3.8) is 0 Å². The minimum absolute atomic E-state index is 0.0967. The van der Waals surface area contributed by atoms with Crippen LogP contribution in [-0.2, 0) is 16.6 Å². The topological polar surface area (TPSA) is 76.3 Å². The van der Waals surface area contributed by atoms with Gasteiger partial charge in [0.2, 0.25) is 21.7 Å². The molecule has 0 bridgehead atoms. The highest BCUT2D eigenvalue weighted by Crippen LogP contribution is 2.19. The Morgan fingerprint density at radius 3 is 2.89 bits per heavy atom. The lowest BCUT2D eigenvalue weighted by Crippen LogP contribution is -2.28. The van der Waals surface area contributed by atoms with E-state index in [4.69, 9.17) is 4.52 Å². The van der Waals surface area contributed by atoms with Crippen LogP contribution in [0.5, 0.6) is 0 Å². The number of sulfonamides is 1. The van der Waals surface area contributed by atoms with Crippen molar-refractivity contribution in [1.82, 2.24) is 14.4 Å². The van der Waals surface area contributed by atoms with Crippen molar-refractivity contribution in [2.45, 2.75) is 19.9 Å². The second-order valence-electron chi connectivity index (χ2n) is 4.10. The summed E-state index contributed by atoms with van der Waals surface area (Å²) in [5, 5.41) is 7.67. The molecule has 0 N–H and O–H groups in total. The fourth-order valence-corrected chi connectivity index (χ4v) is 3.30. The first-order valence-corrected chi connectivity index (χ1v) is 8.37. The van der Waals surface area contributed by atoms with Gasteiger partial charge < -0.3 is 4.52 Å². The SMILES string of the molecule is CCCS(=O)(=O)N(C)Cc1nc(-c2ccsc2)no1. The molecule has 104 valence electrons. The third-order valence-corrected chi connectivity index (χ3v) is 5.23. The largest absolute Gasteiger partial charge is 0.338 e. The zero-order valence-electron chi connectivity index (χ0n) is 10.7. The Labute approximate surface area is 116 Å². The van der Waals surface area contributed by atoms with E-state index in [-0.39, 0.29) is 12.3 Å². The molecular formula is C11H15N3O3S2. The number of aromatic nitrogens is 2. The van der Waals surface area contributed by atoms with Gasteiger partial charge in [0, 0.05) is 18.0 Å². The van der Waals surface area contributed by atoms with Gasteiger partial charge in [0.15, 0.2) is 0 Å². The molecule has 2 heterocycles. The second-order valence-corrected chi connectivity index (χ2v) is 7.07. The van der Waals surface area contributed by atoms with Crippen LogP contribution in [0.15, 0.2) is 21.3 Å². The molecule has 19 heavy (non-hydrogen) atoms. The van der Waals surface area contributed by atoms with E-state index in [9.17, 15) is 8.42 Å². The van der Waals surface area contributed by atoms with Crippen LogP contribution >= 0.6 is 11.3 Å². The van der Waals surface area contributed by atoms with Gasteiger partial charge >= 0.3 is 0 Å². The fourth-order valence-electron chi connectivity index (χ4n) is 1.53. The van der Waals surface area contributed by atoms with E-state index in [1.807, 2.05) is 23.8 Å². The Balaban J connectivity index is 2.08. The number of nitrogens with zero attached hydrogens (tertiary/aromatic N) is 3. The maximum Gasteiger partial charge on any atom is 0.242 e. The third-order valence-electron chi connectivity index (χ3n) is 2.54. The Kier molecular flexibility index (Phi) is 4.33. The molecule has 2 aromatic heterocycles. The zero-order valence-corrected chi connectivity index (χ0v) is 12.4. The molecule has 0 aliphatic heterocycles. The first kappa shape index (κ1) is 14.2. The Morgan fingerprint density at radius 2 is 2.26 bits per heavy atom. The highest BCUT2D eigenvalue weighted by atomic mass is 32.2.